The van der Waals surface area contributed by atoms with Crippen LogP contribution in [0.15, 0.2) is 12.1 Å². The van der Waals surface area contributed by atoms with Crippen LogP contribution in [0.5, 0.6) is 0 Å². The van der Waals surface area contributed by atoms with E-state index in [2.05, 4.69) is 0 Å². The molecule has 114 valence electrons. The van der Waals surface area contributed by atoms with Gasteiger partial charge in [-0.05, 0) is 31.4 Å². The van der Waals surface area contributed by atoms with E-state index >= 15 is 0 Å². The molecule has 1 aliphatic carbocycles. The molecule has 2 atom stereocenters. The maximum atomic E-state index is 12.8. The monoisotopic (exact) mass is 326 g/mol. The first-order chi connectivity index (χ1) is 9.31. The predicted octanol–water partition coefficient (Wildman–Crippen LogP) is 4.21. The number of nitrogens with zero attached hydrogens (tertiary/aromatic N) is 1. The van der Waals surface area contributed by atoms with Gasteiger partial charge < -0.3 is 5.73 Å². The van der Waals surface area contributed by atoms with E-state index in [1.807, 2.05) is 6.92 Å². The smallest absolute Gasteiger partial charge is 0.326 e. The number of nitrogens with two attached hydrogens (primary N) is 1. The zero-order valence-corrected chi connectivity index (χ0v) is 12.7. The van der Waals surface area contributed by atoms with Crippen molar-refractivity contribution >= 4 is 22.9 Å². The van der Waals surface area contributed by atoms with Gasteiger partial charge in [-0.15, -0.1) is 11.3 Å². The van der Waals surface area contributed by atoms with E-state index in [1.165, 1.54) is 16.2 Å². The fourth-order valence-electron chi connectivity index (χ4n) is 2.40. The van der Waals surface area contributed by atoms with Gasteiger partial charge >= 0.3 is 6.18 Å². The van der Waals surface area contributed by atoms with Crippen molar-refractivity contribution in [3.8, 4) is 0 Å². The number of alkyl halides is 3. The Balaban J connectivity index is 2.27. The first-order valence-corrected chi connectivity index (χ1v) is 7.84. The minimum Gasteiger partial charge on any atom is -0.326 e. The van der Waals surface area contributed by atoms with E-state index in [9.17, 15) is 13.2 Å². The molecular formula is C13H18ClF3N2S. The van der Waals surface area contributed by atoms with Crippen molar-refractivity contribution in [2.45, 2.75) is 50.5 Å². The molecule has 0 bridgehead atoms. The summed E-state index contributed by atoms with van der Waals surface area (Å²) < 4.78 is 39.1. The lowest BCUT2D eigenvalue weighted by atomic mass is 10.0. The Morgan fingerprint density at radius 1 is 1.45 bits per heavy atom. The molecule has 1 heterocycles. The fourth-order valence-corrected chi connectivity index (χ4v) is 3.66. The molecule has 2 N–H and O–H groups in total. The molecule has 2 rings (SSSR count). The SMILES string of the molecule is CCC(N)C(c1ccc(Cl)s1)N(CC(F)(F)F)C1CC1. The van der Waals surface area contributed by atoms with Gasteiger partial charge in [-0.3, -0.25) is 4.90 Å². The summed E-state index contributed by atoms with van der Waals surface area (Å²) in [6.45, 7) is 0.983. The summed E-state index contributed by atoms with van der Waals surface area (Å²) in [5.41, 5.74) is 6.10. The molecule has 2 unspecified atom stereocenters. The molecule has 0 spiro atoms. The highest BCUT2D eigenvalue weighted by Gasteiger charge is 2.43. The Bertz CT molecular complexity index is 445. The van der Waals surface area contributed by atoms with E-state index < -0.39 is 18.8 Å². The number of thiophene rings is 1. The summed E-state index contributed by atoms with van der Waals surface area (Å²) in [6.07, 6.45) is -1.97. The lowest BCUT2D eigenvalue weighted by Crippen LogP contribution is -2.45. The summed E-state index contributed by atoms with van der Waals surface area (Å²) in [4.78, 5) is 2.33. The molecule has 0 aliphatic heterocycles. The Hall–Kier alpha value is -0.300. The van der Waals surface area contributed by atoms with E-state index in [1.54, 1.807) is 12.1 Å². The summed E-state index contributed by atoms with van der Waals surface area (Å²) in [5, 5.41) is 0. The van der Waals surface area contributed by atoms with Crippen molar-refractivity contribution in [1.29, 1.82) is 0 Å². The maximum Gasteiger partial charge on any atom is 0.401 e. The molecule has 1 saturated carbocycles. The van der Waals surface area contributed by atoms with Gasteiger partial charge in [0.05, 0.1) is 16.9 Å². The van der Waals surface area contributed by atoms with Crippen molar-refractivity contribution < 1.29 is 13.2 Å². The van der Waals surface area contributed by atoms with Gasteiger partial charge in [0, 0.05) is 17.0 Å². The largest absolute Gasteiger partial charge is 0.401 e. The first-order valence-electron chi connectivity index (χ1n) is 6.65. The van der Waals surface area contributed by atoms with Gasteiger partial charge in [0.1, 0.15) is 0 Å². The van der Waals surface area contributed by atoms with Crippen LogP contribution >= 0.6 is 22.9 Å². The molecule has 7 heteroatoms. The predicted molar refractivity (Wildman–Crippen MR) is 76.1 cm³/mol. The molecule has 1 fully saturated rings. The molecule has 0 radical (unpaired) electrons. The summed E-state index contributed by atoms with van der Waals surface area (Å²) in [7, 11) is 0. The van der Waals surface area contributed by atoms with Crippen LogP contribution in [0.2, 0.25) is 4.34 Å². The number of halogens is 4. The third-order valence-corrected chi connectivity index (χ3v) is 4.80. The highest BCUT2D eigenvalue weighted by molar-refractivity contribution is 7.16. The average molecular weight is 327 g/mol. The van der Waals surface area contributed by atoms with E-state index in [4.69, 9.17) is 17.3 Å². The number of hydrogen-bond acceptors (Lipinski definition) is 3. The molecule has 20 heavy (non-hydrogen) atoms. The Labute approximate surface area is 125 Å². The van der Waals surface area contributed by atoms with Crippen molar-refractivity contribution in [1.82, 2.24) is 4.90 Å². The van der Waals surface area contributed by atoms with Crippen LogP contribution in [0.25, 0.3) is 0 Å². The molecule has 0 amide bonds. The minimum absolute atomic E-state index is 0.0138. The number of hydrogen-bond donors (Lipinski definition) is 1. The van der Waals surface area contributed by atoms with Gasteiger partial charge in [0.15, 0.2) is 0 Å². The maximum absolute atomic E-state index is 12.8. The lowest BCUT2D eigenvalue weighted by molar-refractivity contribution is -0.153. The Morgan fingerprint density at radius 2 is 2.10 bits per heavy atom. The highest BCUT2D eigenvalue weighted by atomic mass is 35.5. The van der Waals surface area contributed by atoms with Crippen LogP contribution in [0.1, 0.15) is 37.1 Å². The second-order valence-corrected chi connectivity index (χ2v) is 6.92. The standard InChI is InChI=1S/C13H18ClF3N2S/c1-2-9(18)12(10-5-6-11(14)20-10)19(8-3-4-8)7-13(15,16)17/h5-6,8-9,12H,2-4,7,18H2,1H3. The molecule has 0 aromatic carbocycles. The molecule has 1 aliphatic rings. The topological polar surface area (TPSA) is 29.3 Å². The Kier molecular flexibility index (Phi) is 5.00. The van der Waals surface area contributed by atoms with Crippen LogP contribution < -0.4 is 5.73 Å². The van der Waals surface area contributed by atoms with Gasteiger partial charge in [0.25, 0.3) is 0 Å². The zero-order valence-electron chi connectivity index (χ0n) is 11.2. The third-order valence-electron chi connectivity index (χ3n) is 3.50. The van der Waals surface area contributed by atoms with Gasteiger partial charge in [-0.25, -0.2) is 0 Å². The second-order valence-electron chi connectivity index (χ2n) is 5.18. The quantitative estimate of drug-likeness (QED) is 0.848. The summed E-state index contributed by atoms with van der Waals surface area (Å²) in [6, 6.07) is 2.76. The van der Waals surface area contributed by atoms with Gasteiger partial charge in [-0.2, -0.15) is 13.2 Å². The van der Waals surface area contributed by atoms with Gasteiger partial charge in [-0.1, -0.05) is 18.5 Å². The molecule has 2 nitrogen and oxygen atoms in total. The zero-order chi connectivity index (χ0) is 14.9. The first kappa shape index (κ1) is 16.1. The van der Waals surface area contributed by atoms with E-state index in [-0.39, 0.29) is 12.1 Å². The fraction of sp³-hybridized carbons (Fsp3) is 0.692. The third kappa shape index (κ3) is 4.10. The number of rotatable bonds is 6. The van der Waals surface area contributed by atoms with Crippen LogP contribution in [0.4, 0.5) is 13.2 Å². The van der Waals surface area contributed by atoms with Gasteiger partial charge in [0.2, 0.25) is 0 Å². The molecule has 1 aromatic heterocycles. The summed E-state index contributed by atoms with van der Waals surface area (Å²) in [5.74, 6) is 0. The van der Waals surface area contributed by atoms with Crippen LogP contribution in [-0.2, 0) is 0 Å². The van der Waals surface area contributed by atoms with E-state index in [0.717, 1.165) is 17.7 Å². The second kappa shape index (κ2) is 6.22. The normalized spacial score (nSPS) is 19.4. The van der Waals surface area contributed by atoms with Crippen molar-refractivity contribution in [2.24, 2.45) is 5.73 Å². The van der Waals surface area contributed by atoms with Crippen LogP contribution in [0.3, 0.4) is 0 Å². The lowest BCUT2D eigenvalue weighted by Gasteiger charge is -2.35. The van der Waals surface area contributed by atoms with Crippen molar-refractivity contribution in [3.63, 3.8) is 0 Å². The molecular weight excluding hydrogens is 309 g/mol. The summed E-state index contributed by atoms with van der Waals surface area (Å²) >= 11 is 7.24. The van der Waals surface area contributed by atoms with Crippen molar-refractivity contribution in [3.05, 3.63) is 21.3 Å². The van der Waals surface area contributed by atoms with Crippen LogP contribution in [-0.4, -0.2) is 29.7 Å². The highest BCUT2D eigenvalue weighted by Crippen LogP contribution is 2.41. The van der Waals surface area contributed by atoms with Crippen LogP contribution in [0, 0.1) is 0 Å². The Morgan fingerprint density at radius 3 is 2.50 bits per heavy atom. The molecule has 0 saturated heterocycles. The average Bonchev–Trinajstić information content (AvgIpc) is 3.10. The molecule has 1 aromatic rings. The van der Waals surface area contributed by atoms with Crippen molar-refractivity contribution in [2.75, 3.05) is 6.54 Å². The van der Waals surface area contributed by atoms with E-state index in [0.29, 0.717) is 10.8 Å². The minimum atomic E-state index is -4.21.